The number of hydrogen-bond acceptors (Lipinski definition) is 5. The van der Waals surface area contributed by atoms with Gasteiger partial charge in [0.25, 0.3) is 5.91 Å². The summed E-state index contributed by atoms with van der Waals surface area (Å²) in [6.45, 7) is 3.57. The Hall–Kier alpha value is -2.77. The van der Waals surface area contributed by atoms with Gasteiger partial charge in [0.05, 0.1) is 24.8 Å². The van der Waals surface area contributed by atoms with Crippen molar-refractivity contribution in [2.75, 3.05) is 32.8 Å². The number of nitrogens with one attached hydrogen (secondary N) is 2. The second-order valence-corrected chi connectivity index (χ2v) is 6.28. The average Bonchev–Trinajstić information content (AvgIpc) is 3.14. The molecule has 1 aliphatic rings. The molecule has 4 rings (SSSR count). The van der Waals surface area contributed by atoms with Gasteiger partial charge in [-0.3, -0.25) is 19.8 Å². The first-order valence-electron chi connectivity index (χ1n) is 8.76. The number of aromatic amines is 1. The van der Waals surface area contributed by atoms with Crippen LogP contribution in [-0.4, -0.2) is 58.8 Å². The van der Waals surface area contributed by atoms with Crippen molar-refractivity contribution < 1.29 is 9.53 Å². The number of H-pyrrole nitrogens is 1. The monoisotopic (exact) mass is 351 g/mol. The summed E-state index contributed by atoms with van der Waals surface area (Å²) in [7, 11) is 0. The van der Waals surface area contributed by atoms with Crippen LogP contribution in [-0.2, 0) is 4.74 Å². The zero-order valence-electron chi connectivity index (χ0n) is 14.4. The fourth-order valence-corrected chi connectivity index (χ4v) is 3.33. The van der Waals surface area contributed by atoms with Gasteiger partial charge in [-0.25, -0.2) is 0 Å². The summed E-state index contributed by atoms with van der Waals surface area (Å²) >= 11 is 0. The highest BCUT2D eigenvalue weighted by Crippen LogP contribution is 2.21. The van der Waals surface area contributed by atoms with Gasteiger partial charge in [-0.15, -0.1) is 0 Å². The van der Waals surface area contributed by atoms with Crippen molar-refractivity contribution in [1.82, 2.24) is 25.4 Å². The lowest BCUT2D eigenvalue weighted by atomic mass is 10.1. The Morgan fingerprint density at radius 3 is 2.88 bits per heavy atom. The molecule has 1 aliphatic heterocycles. The Labute approximate surface area is 151 Å². The number of pyridine rings is 1. The minimum absolute atomic E-state index is 0.0572. The number of amides is 1. The molecule has 0 bridgehead atoms. The maximum Gasteiger partial charge on any atom is 0.272 e. The van der Waals surface area contributed by atoms with Gasteiger partial charge in [-0.2, -0.15) is 5.10 Å². The van der Waals surface area contributed by atoms with Crippen LogP contribution in [0.5, 0.6) is 0 Å². The summed E-state index contributed by atoms with van der Waals surface area (Å²) in [5.41, 5.74) is 2.36. The SMILES string of the molecule is O=C(NC[C@H](c1cccnc1)N1CCOCC1)c1n[nH]c2ccccc12. The second-order valence-electron chi connectivity index (χ2n) is 6.28. The fourth-order valence-electron chi connectivity index (χ4n) is 3.33. The average molecular weight is 351 g/mol. The summed E-state index contributed by atoms with van der Waals surface area (Å²) in [5.74, 6) is -0.176. The smallest absolute Gasteiger partial charge is 0.272 e. The molecule has 3 aromatic rings. The van der Waals surface area contributed by atoms with Gasteiger partial charge >= 0.3 is 0 Å². The number of carbonyl (C=O) groups is 1. The molecule has 7 nitrogen and oxygen atoms in total. The third-order valence-corrected chi connectivity index (χ3v) is 4.70. The molecular weight excluding hydrogens is 330 g/mol. The minimum atomic E-state index is -0.176. The van der Waals surface area contributed by atoms with Crippen molar-refractivity contribution in [2.24, 2.45) is 0 Å². The molecule has 0 radical (unpaired) electrons. The number of fused-ring (bicyclic) bond motifs is 1. The molecule has 134 valence electrons. The molecule has 0 unspecified atom stereocenters. The highest BCUT2D eigenvalue weighted by molar-refractivity contribution is 6.04. The second kappa shape index (κ2) is 7.63. The lowest BCUT2D eigenvalue weighted by Gasteiger charge is -2.34. The third-order valence-electron chi connectivity index (χ3n) is 4.70. The minimum Gasteiger partial charge on any atom is -0.379 e. The standard InChI is InChI=1S/C19H21N5O2/c25-19(18-15-5-1-2-6-16(15)22-23-18)21-13-17(14-4-3-7-20-12-14)24-8-10-26-11-9-24/h1-7,12,17H,8-11,13H2,(H,21,25)(H,22,23)/t17-/m1/s1. The molecule has 1 atom stereocenters. The van der Waals surface area contributed by atoms with Crippen LogP contribution in [0.3, 0.4) is 0 Å². The first-order valence-corrected chi connectivity index (χ1v) is 8.76. The fraction of sp³-hybridized carbons (Fsp3) is 0.316. The van der Waals surface area contributed by atoms with Crippen LogP contribution in [0.15, 0.2) is 48.8 Å². The quantitative estimate of drug-likeness (QED) is 0.732. The lowest BCUT2D eigenvalue weighted by molar-refractivity contribution is 0.0161. The number of ether oxygens (including phenoxy) is 1. The molecule has 0 aliphatic carbocycles. The van der Waals surface area contributed by atoms with E-state index in [1.807, 2.05) is 42.6 Å². The molecule has 1 aromatic carbocycles. The van der Waals surface area contributed by atoms with Crippen molar-refractivity contribution in [3.63, 3.8) is 0 Å². The predicted octanol–water partition coefficient (Wildman–Crippen LogP) is 1.76. The van der Waals surface area contributed by atoms with Crippen molar-refractivity contribution in [3.8, 4) is 0 Å². The molecular formula is C19H21N5O2. The number of para-hydroxylation sites is 1. The zero-order chi connectivity index (χ0) is 17.8. The number of nitrogens with zero attached hydrogens (tertiary/aromatic N) is 3. The normalized spacial score (nSPS) is 16.5. The third kappa shape index (κ3) is 3.44. The van der Waals surface area contributed by atoms with E-state index in [1.54, 1.807) is 6.20 Å². The molecule has 0 spiro atoms. The van der Waals surface area contributed by atoms with E-state index < -0.39 is 0 Å². The molecule has 3 heterocycles. The first-order chi connectivity index (χ1) is 12.8. The predicted molar refractivity (Wildman–Crippen MR) is 97.8 cm³/mol. The van der Waals surface area contributed by atoms with Gasteiger partial charge in [-0.05, 0) is 17.7 Å². The van der Waals surface area contributed by atoms with Gasteiger partial charge in [0.1, 0.15) is 0 Å². The van der Waals surface area contributed by atoms with Crippen LogP contribution in [0.2, 0.25) is 0 Å². The van der Waals surface area contributed by atoms with Crippen LogP contribution >= 0.6 is 0 Å². The molecule has 1 amide bonds. The van der Waals surface area contributed by atoms with Crippen LogP contribution in [0, 0.1) is 0 Å². The first kappa shape index (κ1) is 16.7. The number of morpholine rings is 1. The van der Waals surface area contributed by atoms with E-state index in [0.29, 0.717) is 25.5 Å². The highest BCUT2D eigenvalue weighted by atomic mass is 16.5. The van der Waals surface area contributed by atoms with Crippen LogP contribution in [0.1, 0.15) is 22.1 Å². The zero-order valence-corrected chi connectivity index (χ0v) is 14.4. The molecule has 2 aromatic heterocycles. The van der Waals surface area contributed by atoms with Gasteiger partial charge in [0, 0.05) is 37.4 Å². The summed E-state index contributed by atoms with van der Waals surface area (Å²) in [6, 6.07) is 11.6. The van der Waals surface area contributed by atoms with E-state index in [1.165, 1.54) is 0 Å². The van der Waals surface area contributed by atoms with Gasteiger partial charge in [0.2, 0.25) is 0 Å². The molecule has 1 saturated heterocycles. The molecule has 26 heavy (non-hydrogen) atoms. The van der Waals surface area contributed by atoms with E-state index in [9.17, 15) is 4.79 Å². The van der Waals surface area contributed by atoms with E-state index >= 15 is 0 Å². The molecule has 2 N–H and O–H groups in total. The van der Waals surface area contributed by atoms with E-state index in [0.717, 1.165) is 29.6 Å². The Morgan fingerprint density at radius 1 is 1.23 bits per heavy atom. The summed E-state index contributed by atoms with van der Waals surface area (Å²) < 4.78 is 5.46. The number of hydrogen-bond donors (Lipinski definition) is 2. The summed E-state index contributed by atoms with van der Waals surface area (Å²) in [4.78, 5) is 19.2. The Balaban J connectivity index is 1.51. The Morgan fingerprint density at radius 2 is 2.08 bits per heavy atom. The van der Waals surface area contributed by atoms with Gasteiger partial charge < -0.3 is 10.1 Å². The number of aromatic nitrogens is 3. The molecule has 7 heteroatoms. The maximum atomic E-state index is 12.7. The van der Waals surface area contributed by atoms with Gasteiger partial charge in [0.15, 0.2) is 5.69 Å². The van der Waals surface area contributed by atoms with E-state index in [2.05, 4.69) is 25.4 Å². The van der Waals surface area contributed by atoms with Gasteiger partial charge in [-0.1, -0.05) is 24.3 Å². The van der Waals surface area contributed by atoms with Crippen LogP contribution < -0.4 is 5.32 Å². The topological polar surface area (TPSA) is 83.1 Å². The number of carbonyl (C=O) groups excluding carboxylic acids is 1. The number of rotatable bonds is 5. The van der Waals surface area contributed by atoms with Crippen molar-refractivity contribution in [3.05, 3.63) is 60.0 Å². The van der Waals surface area contributed by atoms with E-state index in [4.69, 9.17) is 4.74 Å². The van der Waals surface area contributed by atoms with Crippen LogP contribution in [0.4, 0.5) is 0 Å². The van der Waals surface area contributed by atoms with E-state index in [-0.39, 0.29) is 11.9 Å². The Bertz CT molecular complexity index is 874. The highest BCUT2D eigenvalue weighted by Gasteiger charge is 2.24. The van der Waals surface area contributed by atoms with Crippen LogP contribution in [0.25, 0.3) is 10.9 Å². The van der Waals surface area contributed by atoms with Crippen molar-refractivity contribution in [1.29, 1.82) is 0 Å². The molecule has 1 fully saturated rings. The van der Waals surface area contributed by atoms with Crippen molar-refractivity contribution >= 4 is 16.8 Å². The maximum absolute atomic E-state index is 12.7. The Kier molecular flexibility index (Phi) is 4.90. The largest absolute Gasteiger partial charge is 0.379 e. The van der Waals surface area contributed by atoms with Crippen molar-refractivity contribution in [2.45, 2.75) is 6.04 Å². The number of benzene rings is 1. The molecule has 0 saturated carbocycles. The summed E-state index contributed by atoms with van der Waals surface area (Å²) in [6.07, 6.45) is 3.62. The lowest BCUT2D eigenvalue weighted by Crippen LogP contribution is -2.43. The summed E-state index contributed by atoms with van der Waals surface area (Å²) in [5, 5.41) is 10.9.